The van der Waals surface area contributed by atoms with Crippen LogP contribution in [0.3, 0.4) is 0 Å². The van der Waals surface area contributed by atoms with Crippen molar-refractivity contribution in [1.82, 2.24) is 9.21 Å². The van der Waals surface area contributed by atoms with E-state index in [0.29, 0.717) is 49.1 Å². The second-order valence-electron chi connectivity index (χ2n) is 7.52. The van der Waals surface area contributed by atoms with Crippen molar-refractivity contribution in [3.05, 3.63) is 69.7 Å². The Morgan fingerprint density at radius 3 is 2.30 bits per heavy atom. The smallest absolute Gasteiger partial charge is 0.226 e. The number of carbonyl (C=O) groups is 1. The fourth-order valence-electron chi connectivity index (χ4n) is 3.72. The van der Waals surface area contributed by atoms with Gasteiger partial charge >= 0.3 is 0 Å². The van der Waals surface area contributed by atoms with Crippen molar-refractivity contribution >= 4 is 39.1 Å². The summed E-state index contributed by atoms with van der Waals surface area (Å²) in [6.45, 7) is 3.71. The lowest BCUT2D eigenvalue weighted by Crippen LogP contribution is -2.44. The summed E-state index contributed by atoms with van der Waals surface area (Å²) >= 11 is 12.1. The largest absolute Gasteiger partial charge is 0.338 e. The first-order valence-electron chi connectivity index (χ1n) is 10.0. The Hall–Kier alpha value is -1.60. The van der Waals surface area contributed by atoms with E-state index in [1.54, 1.807) is 17.0 Å². The Morgan fingerprint density at radius 1 is 1.03 bits per heavy atom. The molecule has 1 aliphatic heterocycles. The molecule has 162 valence electrons. The molecule has 0 N–H and O–H groups in total. The Morgan fingerprint density at radius 2 is 1.70 bits per heavy atom. The molecule has 2 aromatic carbocycles. The quantitative estimate of drug-likeness (QED) is 0.597. The highest BCUT2D eigenvalue weighted by Crippen LogP contribution is 2.26. The maximum absolute atomic E-state index is 13.0. The van der Waals surface area contributed by atoms with E-state index >= 15 is 0 Å². The number of benzene rings is 2. The summed E-state index contributed by atoms with van der Waals surface area (Å²) in [5.41, 5.74) is 1.69. The Balaban J connectivity index is 1.58. The second-order valence-corrected chi connectivity index (χ2v) is 10.3. The third kappa shape index (κ3) is 5.76. The Kier molecular flexibility index (Phi) is 7.80. The first-order valence-corrected chi connectivity index (χ1v) is 12.4. The predicted octanol–water partition coefficient (Wildman–Crippen LogP) is 4.58. The molecule has 1 fully saturated rings. The summed E-state index contributed by atoms with van der Waals surface area (Å²) < 4.78 is 27.0. The molecule has 0 saturated carbocycles. The van der Waals surface area contributed by atoms with Gasteiger partial charge in [0.1, 0.15) is 0 Å². The molecule has 3 rings (SSSR count). The molecular formula is C22H26Cl2N2O3S. The van der Waals surface area contributed by atoms with E-state index in [4.69, 9.17) is 23.2 Å². The number of carbonyl (C=O) groups excluding carboxylic acids is 1. The van der Waals surface area contributed by atoms with E-state index in [2.05, 4.69) is 0 Å². The first-order chi connectivity index (χ1) is 14.3. The molecule has 1 aliphatic rings. The van der Waals surface area contributed by atoms with Gasteiger partial charge in [-0.25, -0.2) is 12.7 Å². The summed E-state index contributed by atoms with van der Waals surface area (Å²) in [6.07, 6.45) is 1.06. The molecule has 2 aromatic rings. The molecule has 0 aliphatic carbocycles. The van der Waals surface area contributed by atoms with Crippen LogP contribution in [0.2, 0.25) is 10.0 Å². The summed E-state index contributed by atoms with van der Waals surface area (Å²) in [5.74, 6) is -0.121. The molecule has 30 heavy (non-hydrogen) atoms. The number of hydrogen-bond acceptors (Lipinski definition) is 3. The first kappa shape index (κ1) is 23.1. The van der Waals surface area contributed by atoms with E-state index in [9.17, 15) is 13.2 Å². The zero-order valence-electron chi connectivity index (χ0n) is 16.9. The fraction of sp³-hybridized carbons (Fsp3) is 0.409. The highest BCUT2D eigenvalue weighted by atomic mass is 35.5. The molecular weight excluding hydrogens is 443 g/mol. The van der Waals surface area contributed by atoms with Crippen molar-refractivity contribution in [3.63, 3.8) is 0 Å². The maximum Gasteiger partial charge on any atom is 0.226 e. The lowest BCUT2D eigenvalue weighted by Gasteiger charge is -2.33. The van der Waals surface area contributed by atoms with Crippen LogP contribution in [-0.2, 0) is 27.1 Å². The number of piperidine rings is 1. The summed E-state index contributed by atoms with van der Waals surface area (Å²) in [7, 11) is -3.39. The van der Waals surface area contributed by atoms with Crippen LogP contribution in [-0.4, -0.2) is 43.2 Å². The fourth-order valence-corrected chi connectivity index (χ4v) is 5.60. The summed E-state index contributed by atoms with van der Waals surface area (Å²) in [5, 5.41) is 0.952. The van der Waals surface area contributed by atoms with Crippen molar-refractivity contribution in [2.45, 2.75) is 32.1 Å². The van der Waals surface area contributed by atoms with Gasteiger partial charge in [-0.05, 0) is 43.0 Å². The number of halogens is 2. The van der Waals surface area contributed by atoms with Gasteiger partial charge in [0, 0.05) is 32.1 Å². The van der Waals surface area contributed by atoms with Gasteiger partial charge in [-0.1, -0.05) is 59.6 Å². The average Bonchev–Trinajstić information content (AvgIpc) is 2.74. The van der Waals surface area contributed by atoms with Gasteiger partial charge in [0.25, 0.3) is 0 Å². The molecule has 5 nitrogen and oxygen atoms in total. The Bertz CT molecular complexity index is 975. The van der Waals surface area contributed by atoms with Gasteiger partial charge in [0.15, 0.2) is 0 Å². The molecule has 0 bridgehead atoms. The number of sulfonamides is 1. The Labute approximate surface area is 188 Å². The minimum atomic E-state index is -3.39. The van der Waals surface area contributed by atoms with Gasteiger partial charge in [0.2, 0.25) is 15.9 Å². The lowest BCUT2D eigenvalue weighted by molar-refractivity contribution is -0.137. The monoisotopic (exact) mass is 468 g/mol. The van der Waals surface area contributed by atoms with Crippen molar-refractivity contribution < 1.29 is 13.2 Å². The molecule has 1 saturated heterocycles. The number of hydrogen-bond donors (Lipinski definition) is 0. The number of rotatable bonds is 7. The third-order valence-electron chi connectivity index (χ3n) is 5.44. The zero-order chi connectivity index (χ0) is 21.7. The van der Waals surface area contributed by atoms with E-state index in [1.165, 1.54) is 4.31 Å². The van der Waals surface area contributed by atoms with Crippen molar-refractivity contribution in [2.75, 3.05) is 19.6 Å². The van der Waals surface area contributed by atoms with E-state index < -0.39 is 10.0 Å². The van der Waals surface area contributed by atoms with Gasteiger partial charge in [-0.15, -0.1) is 0 Å². The minimum absolute atomic E-state index is 0.00906. The minimum Gasteiger partial charge on any atom is -0.338 e. The van der Waals surface area contributed by atoms with Gasteiger partial charge in [-0.3, -0.25) is 4.79 Å². The molecule has 0 unspecified atom stereocenters. The lowest BCUT2D eigenvalue weighted by atomic mass is 9.96. The standard InChI is InChI=1S/C22H26Cl2N2O3S/c1-2-25(15-18-8-9-20(23)21(24)14-18)22(27)19-10-12-26(13-11-19)30(28,29)16-17-6-4-3-5-7-17/h3-9,14,19H,2,10-13,15-16H2,1H3. The topological polar surface area (TPSA) is 57.7 Å². The molecule has 0 aromatic heterocycles. The van der Waals surface area contributed by atoms with Crippen LogP contribution in [0.4, 0.5) is 0 Å². The van der Waals surface area contributed by atoms with E-state index in [-0.39, 0.29) is 17.6 Å². The summed E-state index contributed by atoms with van der Waals surface area (Å²) in [6, 6.07) is 14.5. The normalized spacial score (nSPS) is 15.8. The van der Waals surface area contributed by atoms with Gasteiger partial charge in [-0.2, -0.15) is 0 Å². The van der Waals surface area contributed by atoms with Gasteiger partial charge in [0.05, 0.1) is 15.8 Å². The van der Waals surface area contributed by atoms with Crippen LogP contribution in [0.15, 0.2) is 48.5 Å². The van der Waals surface area contributed by atoms with Crippen LogP contribution in [0.1, 0.15) is 30.9 Å². The molecule has 1 amide bonds. The SMILES string of the molecule is CCN(Cc1ccc(Cl)c(Cl)c1)C(=O)C1CCN(S(=O)(=O)Cc2ccccc2)CC1. The molecule has 0 spiro atoms. The van der Waals surface area contributed by atoms with Crippen molar-refractivity contribution in [2.24, 2.45) is 5.92 Å². The van der Waals surface area contributed by atoms with Crippen LogP contribution < -0.4 is 0 Å². The van der Waals surface area contributed by atoms with Gasteiger partial charge < -0.3 is 4.90 Å². The van der Waals surface area contributed by atoms with Crippen LogP contribution in [0, 0.1) is 5.92 Å². The molecule has 0 radical (unpaired) electrons. The number of amides is 1. The molecule has 8 heteroatoms. The van der Waals surface area contributed by atoms with E-state index in [0.717, 1.165) is 11.1 Å². The van der Waals surface area contributed by atoms with E-state index in [1.807, 2.05) is 43.3 Å². The maximum atomic E-state index is 13.0. The van der Waals surface area contributed by atoms with Crippen LogP contribution in [0.5, 0.6) is 0 Å². The number of nitrogens with zero attached hydrogens (tertiary/aromatic N) is 2. The van der Waals surface area contributed by atoms with Crippen LogP contribution >= 0.6 is 23.2 Å². The predicted molar refractivity (Wildman–Crippen MR) is 121 cm³/mol. The summed E-state index contributed by atoms with van der Waals surface area (Å²) in [4.78, 5) is 14.8. The molecule has 1 heterocycles. The average molecular weight is 469 g/mol. The highest BCUT2D eigenvalue weighted by Gasteiger charge is 2.32. The highest BCUT2D eigenvalue weighted by molar-refractivity contribution is 7.88. The van der Waals surface area contributed by atoms with Crippen molar-refractivity contribution in [3.8, 4) is 0 Å². The van der Waals surface area contributed by atoms with Crippen molar-refractivity contribution in [1.29, 1.82) is 0 Å². The third-order valence-corrected chi connectivity index (χ3v) is 8.03. The molecule has 0 atom stereocenters. The zero-order valence-corrected chi connectivity index (χ0v) is 19.3. The van der Waals surface area contributed by atoms with Crippen LogP contribution in [0.25, 0.3) is 0 Å². The second kappa shape index (κ2) is 10.1.